The van der Waals surface area contributed by atoms with Crippen LogP contribution in [-0.4, -0.2) is 67.9 Å². The summed E-state index contributed by atoms with van der Waals surface area (Å²) < 4.78 is 111. The van der Waals surface area contributed by atoms with Gasteiger partial charge in [-0.3, -0.25) is 20.4 Å². The number of rotatable bonds is 13. The molecule has 0 atom stereocenters. The van der Waals surface area contributed by atoms with E-state index in [0.29, 0.717) is 29.1 Å². The first-order chi connectivity index (χ1) is 34.0. The second kappa shape index (κ2) is 25.7. The van der Waals surface area contributed by atoms with E-state index in [4.69, 9.17) is 11.5 Å². The van der Waals surface area contributed by atoms with Crippen molar-refractivity contribution in [1.82, 2.24) is 0 Å². The van der Waals surface area contributed by atoms with Gasteiger partial charge in [0.2, 0.25) is 5.78 Å². The molecule has 0 heterocycles. The smallest absolute Gasteiger partial charge is 0.744 e. The summed E-state index contributed by atoms with van der Waals surface area (Å²) in [6.07, 6.45) is 4.18. The van der Waals surface area contributed by atoms with E-state index in [1.807, 2.05) is 0 Å². The number of carbonyl (C=O) groups excluding carboxylic acids is 3. The molecule has 0 radical (unpaired) electrons. The van der Waals surface area contributed by atoms with E-state index in [2.05, 4.69) is 41.5 Å². The summed E-state index contributed by atoms with van der Waals surface area (Å²) in [5, 5.41) is 35.7. The zero-order chi connectivity index (χ0) is 51.9. The minimum Gasteiger partial charge on any atom is -0.744 e. The van der Waals surface area contributed by atoms with Gasteiger partial charge >= 0.3 is 118 Å². The molecule has 0 saturated carbocycles. The fourth-order valence-electron chi connectivity index (χ4n) is 7.18. The number of carboxylic acid groups (broad SMARTS) is 1. The summed E-state index contributed by atoms with van der Waals surface area (Å²) >= 11 is 0. The molecule has 0 saturated heterocycles. The average molecular weight is 1120 g/mol. The minimum atomic E-state index is -5.53. The molecule has 0 spiro atoms. The number of allylic oxidation sites excluding steroid dienone is 4. The van der Waals surface area contributed by atoms with Gasteiger partial charge in [-0.05, 0) is 108 Å². The third-order valence-corrected chi connectivity index (χ3v) is 13.4. The molecule has 0 fully saturated rings. The molecule has 0 aliphatic heterocycles. The molecule has 0 amide bonds. The largest absolute Gasteiger partial charge is 1.00 e. The molecule has 30 heteroatoms. The van der Waals surface area contributed by atoms with Crippen LogP contribution >= 0.6 is 0 Å². The van der Waals surface area contributed by atoms with Crippen molar-refractivity contribution >= 4 is 122 Å². The Bertz CT molecular complexity index is 3950. The third-order valence-electron chi connectivity index (χ3n) is 10.8. The Kier molecular flexibility index (Phi) is 21.5. The number of nitrogens with one attached hydrogen (secondary N) is 2. The third kappa shape index (κ3) is 14.2. The Morgan fingerprint density at radius 2 is 1.21 bits per heavy atom. The van der Waals surface area contributed by atoms with E-state index >= 15 is 0 Å². The first kappa shape index (κ1) is 63.6. The van der Waals surface area contributed by atoms with Crippen LogP contribution in [0.5, 0.6) is 0 Å². The monoisotopic (exact) mass is 1120 g/mol. The first-order valence-corrected chi connectivity index (χ1v) is 24.6. The van der Waals surface area contributed by atoms with Crippen LogP contribution in [0.15, 0.2) is 172 Å². The molecule has 6 aromatic rings. The fourth-order valence-corrected chi connectivity index (χ4v) is 9.14. The van der Waals surface area contributed by atoms with Crippen molar-refractivity contribution in [3.05, 3.63) is 149 Å². The Hall–Kier alpha value is -4.92. The molecule has 0 bridgehead atoms. The molecular formula is C46H30N10Na4O13S3. The van der Waals surface area contributed by atoms with Gasteiger partial charge in [0.05, 0.1) is 54.8 Å². The van der Waals surface area contributed by atoms with Crippen LogP contribution in [0.4, 0.5) is 45.5 Å². The number of nitrogens with two attached hydrogens (primary N) is 2. The summed E-state index contributed by atoms with van der Waals surface area (Å²) in [6, 6.07) is 24.4. The van der Waals surface area contributed by atoms with Gasteiger partial charge in [-0.15, -0.1) is 15.3 Å². The number of benzene rings is 6. The molecule has 6 N–H and O–H groups in total. The number of aryl methyl sites for hydroxylation is 1. The normalized spacial score (nSPS) is 14.5. The predicted molar refractivity (Wildman–Crippen MR) is 258 cm³/mol. The second-order valence-corrected chi connectivity index (χ2v) is 19.5. The molecule has 2 aliphatic carbocycles. The Morgan fingerprint density at radius 1 is 0.605 bits per heavy atom. The van der Waals surface area contributed by atoms with E-state index in [9.17, 15) is 58.4 Å². The van der Waals surface area contributed by atoms with Crippen LogP contribution in [0.3, 0.4) is 0 Å². The number of aliphatic carboxylic acids is 1. The first-order valence-electron chi connectivity index (χ1n) is 20.4. The van der Waals surface area contributed by atoms with Crippen molar-refractivity contribution in [2.24, 2.45) is 30.7 Å². The van der Waals surface area contributed by atoms with E-state index < -0.39 is 90.7 Å². The quantitative estimate of drug-likeness (QED) is 0.0159. The number of Topliss-reactive ketones (excluding diaryl/α,β-unsaturated/α-hetero) is 1. The maximum atomic E-state index is 14.0. The number of carboxylic acids is 1. The number of nitrogens with zero attached hydrogens (tertiary/aromatic N) is 6. The predicted octanol–water partition coefficient (Wildman–Crippen LogP) is -6.23. The minimum absolute atomic E-state index is 0. The van der Waals surface area contributed by atoms with Crippen LogP contribution in [0.1, 0.15) is 21.5 Å². The van der Waals surface area contributed by atoms with Crippen molar-refractivity contribution in [3.8, 4) is 11.1 Å². The average Bonchev–Trinajstić information content (AvgIpc) is 3.33. The van der Waals surface area contributed by atoms with Gasteiger partial charge in [0.15, 0.2) is 5.78 Å². The van der Waals surface area contributed by atoms with E-state index in [0.717, 1.165) is 41.5 Å². The molecule has 0 aromatic heterocycles. The number of anilines is 4. The Labute approximate surface area is 521 Å². The molecule has 76 heavy (non-hydrogen) atoms. The molecule has 2 aliphatic rings. The summed E-state index contributed by atoms with van der Waals surface area (Å²) in [5.74, 6) is -3.55. The summed E-state index contributed by atoms with van der Waals surface area (Å²) in [5.41, 5.74) is 17.6. The Morgan fingerprint density at radius 3 is 1.82 bits per heavy atom. The number of fused-ring (bicyclic) bond motifs is 2. The summed E-state index contributed by atoms with van der Waals surface area (Å²) in [4.78, 5) is 34.0. The number of carbonyl (C=O) groups is 3. The van der Waals surface area contributed by atoms with Crippen molar-refractivity contribution < 1.29 is 177 Å². The van der Waals surface area contributed by atoms with Gasteiger partial charge in [0.25, 0.3) is 0 Å². The molecule has 23 nitrogen and oxygen atoms in total. The number of nitrogen functional groups attached to an aromatic ring is 2. The number of ketones is 2. The maximum absolute atomic E-state index is 14.0. The fraction of sp³-hybridized carbons (Fsp3) is 0.0217. The van der Waals surface area contributed by atoms with Crippen LogP contribution in [0.2, 0.25) is 0 Å². The molecule has 8 rings (SSSR count). The van der Waals surface area contributed by atoms with E-state index in [1.165, 1.54) is 36.4 Å². The topological polar surface area (TPSA) is 396 Å². The van der Waals surface area contributed by atoms with Crippen LogP contribution in [0.25, 0.3) is 28.0 Å². The van der Waals surface area contributed by atoms with Gasteiger partial charge in [0, 0.05) is 21.9 Å². The van der Waals surface area contributed by atoms with Crippen molar-refractivity contribution in [3.63, 3.8) is 0 Å². The van der Waals surface area contributed by atoms with Gasteiger partial charge in [-0.2, -0.15) is 15.3 Å². The van der Waals surface area contributed by atoms with Crippen LogP contribution in [-0.2, 0) is 39.9 Å². The van der Waals surface area contributed by atoms with Crippen molar-refractivity contribution in [2.75, 3.05) is 22.3 Å². The zero-order valence-electron chi connectivity index (χ0n) is 40.5. The molecule has 0 unspecified atom stereocenters. The number of azo groups is 2. The number of hydrazone groups is 2. The second-order valence-electron chi connectivity index (χ2n) is 15.4. The van der Waals surface area contributed by atoms with Gasteiger partial charge in [0.1, 0.15) is 53.1 Å². The molecular weight excluding hydrogens is 1090 g/mol. The van der Waals surface area contributed by atoms with Gasteiger partial charge in [-0.25, -0.2) is 25.3 Å². The van der Waals surface area contributed by atoms with E-state index in [-0.39, 0.29) is 163 Å². The number of hydrogen-bond donors (Lipinski definition) is 4. The molecule has 6 aromatic carbocycles. The summed E-state index contributed by atoms with van der Waals surface area (Å²) in [7, 11) is -15.9. The molecule has 364 valence electrons. The SMILES string of the molecule is Cc1cc(N=Nc2cc3c(cc2S(=O)(=O)[O-])C=C(S(=O)(=O)[O-])C(=NNc2ccc(S(=O)(=O)[O-])c4ccccc24)C3=O)c(N)c(N=Nc2ccc(-c3ccc(NN=C4C=CC(=O)C(C(=O)[O-])=C4)cc3)cc2)c1N.[Na+].[Na+].[Na+].[Na+]. The van der Waals surface area contributed by atoms with Crippen molar-refractivity contribution in [1.29, 1.82) is 0 Å². The van der Waals surface area contributed by atoms with Gasteiger partial charge < -0.3 is 35.0 Å². The standard InChI is InChI=1S/C46H34N10O13S3.4Na/c1-23-18-36(42(48)44(41(23)47)56-50-28-12-8-25(9-13-28)24-6-10-27(11-7-24)49-51-29-14-16-37(57)33(21-29)46(59)60)54-53-35-22-32-26(19-39(35)71(64,65)66)20-40(72(67,68)69)43(45(32)58)55-52-34-15-17-38(70(61,62)63)31-5-3-2-4-30(31)34;;;;/h2-22,49,52H,47-48H2,1H3,(H,59,60)(H,61,62,63)(H,64,65,66)(H,67,68,69);;;;/q;4*+1/p-4. The van der Waals surface area contributed by atoms with Crippen molar-refractivity contribution in [2.45, 2.75) is 16.7 Å². The van der Waals surface area contributed by atoms with Crippen LogP contribution < -0.4 is 146 Å². The zero-order valence-corrected chi connectivity index (χ0v) is 50.9. The maximum Gasteiger partial charge on any atom is 1.00 e. The van der Waals surface area contributed by atoms with Crippen LogP contribution in [0, 0.1) is 6.92 Å². The summed E-state index contributed by atoms with van der Waals surface area (Å²) in [6.45, 7) is 1.57. The Balaban J connectivity index is 0.00000312. The van der Waals surface area contributed by atoms with Gasteiger partial charge in [-0.1, -0.05) is 48.5 Å². The number of hydrogen-bond acceptors (Lipinski definition) is 23. The van der Waals surface area contributed by atoms with E-state index in [1.54, 1.807) is 55.5 Å².